The zero-order valence-electron chi connectivity index (χ0n) is 15.3. The van der Waals surface area contributed by atoms with Crippen LogP contribution in [0.25, 0.3) is 0 Å². The summed E-state index contributed by atoms with van der Waals surface area (Å²) in [7, 11) is 0. The fraction of sp³-hybridized carbons (Fsp3) is 0.526. The van der Waals surface area contributed by atoms with Gasteiger partial charge in [-0.1, -0.05) is 45.0 Å². The van der Waals surface area contributed by atoms with Crippen molar-refractivity contribution in [2.45, 2.75) is 65.5 Å². The van der Waals surface area contributed by atoms with Crippen LogP contribution in [0.1, 0.15) is 64.0 Å². The number of nitrogens with zero attached hydrogens (tertiary/aromatic N) is 3. The Labute approximate surface area is 144 Å². The van der Waals surface area contributed by atoms with E-state index < -0.39 is 0 Å². The van der Waals surface area contributed by atoms with Crippen LogP contribution in [-0.2, 0) is 23.2 Å². The van der Waals surface area contributed by atoms with Crippen LogP contribution in [0.5, 0.6) is 0 Å². The molecule has 1 aromatic heterocycles. The Balaban J connectivity index is 1.82. The minimum atomic E-state index is 0.0354. The Morgan fingerprint density at radius 1 is 1.21 bits per heavy atom. The Morgan fingerprint density at radius 2 is 1.88 bits per heavy atom. The number of rotatable bonds is 6. The van der Waals surface area contributed by atoms with E-state index in [0.29, 0.717) is 13.0 Å². The summed E-state index contributed by atoms with van der Waals surface area (Å²) in [4.78, 5) is 12.1. The first-order valence-corrected chi connectivity index (χ1v) is 8.52. The van der Waals surface area contributed by atoms with Crippen molar-refractivity contribution in [3.05, 3.63) is 47.5 Å². The molecule has 24 heavy (non-hydrogen) atoms. The highest BCUT2D eigenvalue weighted by Gasteiger charge is 2.13. The fourth-order valence-corrected chi connectivity index (χ4v) is 2.52. The van der Waals surface area contributed by atoms with E-state index >= 15 is 0 Å². The average molecular weight is 328 g/mol. The summed E-state index contributed by atoms with van der Waals surface area (Å²) in [6.07, 6.45) is 2.92. The van der Waals surface area contributed by atoms with Gasteiger partial charge in [-0.05, 0) is 36.8 Å². The minimum Gasteiger partial charge on any atom is -0.349 e. The van der Waals surface area contributed by atoms with Crippen LogP contribution in [-0.4, -0.2) is 20.7 Å². The molecule has 0 bridgehead atoms. The number of hydrogen-bond acceptors (Lipinski definition) is 3. The molecule has 5 heteroatoms. The molecule has 0 saturated heterocycles. The number of aryl methyl sites for hydroxylation is 1. The van der Waals surface area contributed by atoms with Gasteiger partial charge in [0.25, 0.3) is 0 Å². The molecule has 0 aliphatic carbocycles. The number of nitrogens with one attached hydrogen (secondary N) is 1. The second-order valence-electron chi connectivity index (χ2n) is 7.47. The highest BCUT2D eigenvalue weighted by molar-refractivity contribution is 5.76. The van der Waals surface area contributed by atoms with Gasteiger partial charge in [0.1, 0.15) is 6.33 Å². The molecule has 0 radical (unpaired) electrons. The monoisotopic (exact) mass is 328 g/mol. The predicted molar refractivity (Wildman–Crippen MR) is 95.7 cm³/mol. The minimum absolute atomic E-state index is 0.0354. The largest absolute Gasteiger partial charge is 0.349 e. The summed E-state index contributed by atoms with van der Waals surface area (Å²) in [5, 5.41) is 10.9. The molecule has 1 N–H and O–H groups in total. The smallest absolute Gasteiger partial charge is 0.220 e. The third-order valence-corrected chi connectivity index (χ3v) is 4.11. The number of amides is 1. The van der Waals surface area contributed by atoms with Crippen LogP contribution in [0, 0.1) is 0 Å². The lowest BCUT2D eigenvalue weighted by Crippen LogP contribution is -2.25. The molecule has 0 atom stereocenters. The topological polar surface area (TPSA) is 59.8 Å². The molecule has 1 amide bonds. The van der Waals surface area contributed by atoms with Crippen molar-refractivity contribution in [2.24, 2.45) is 0 Å². The molecule has 0 saturated carbocycles. The zero-order chi connectivity index (χ0) is 17.7. The fourth-order valence-electron chi connectivity index (χ4n) is 2.52. The maximum atomic E-state index is 12.1. The van der Waals surface area contributed by atoms with E-state index in [9.17, 15) is 4.79 Å². The zero-order valence-corrected chi connectivity index (χ0v) is 15.3. The van der Waals surface area contributed by atoms with E-state index in [1.54, 1.807) is 6.33 Å². The Morgan fingerprint density at radius 3 is 2.46 bits per heavy atom. The molecular weight excluding hydrogens is 300 g/mol. The molecule has 2 rings (SSSR count). The van der Waals surface area contributed by atoms with Crippen molar-refractivity contribution in [1.29, 1.82) is 0 Å². The first kappa shape index (κ1) is 18.2. The number of aromatic nitrogens is 3. The van der Waals surface area contributed by atoms with E-state index in [4.69, 9.17) is 0 Å². The molecule has 0 aliphatic rings. The second kappa shape index (κ2) is 7.60. The van der Waals surface area contributed by atoms with E-state index in [-0.39, 0.29) is 17.4 Å². The van der Waals surface area contributed by atoms with Gasteiger partial charge in [0.2, 0.25) is 5.91 Å². The Bertz CT molecular complexity index is 665. The third-order valence-electron chi connectivity index (χ3n) is 4.11. The first-order chi connectivity index (χ1) is 11.3. The van der Waals surface area contributed by atoms with Gasteiger partial charge in [0.15, 0.2) is 5.82 Å². The highest BCUT2D eigenvalue weighted by Crippen LogP contribution is 2.22. The number of benzene rings is 1. The van der Waals surface area contributed by atoms with Gasteiger partial charge in [-0.2, -0.15) is 0 Å². The van der Waals surface area contributed by atoms with Gasteiger partial charge >= 0.3 is 0 Å². The Kier molecular flexibility index (Phi) is 5.75. The van der Waals surface area contributed by atoms with E-state index in [1.807, 2.05) is 4.57 Å². The molecule has 2 aromatic rings. The van der Waals surface area contributed by atoms with E-state index in [0.717, 1.165) is 12.2 Å². The molecule has 0 unspecified atom stereocenters. The Hall–Kier alpha value is -2.17. The summed E-state index contributed by atoms with van der Waals surface area (Å²) in [5.41, 5.74) is 2.65. The van der Waals surface area contributed by atoms with Crippen LogP contribution in [0.15, 0.2) is 30.6 Å². The lowest BCUT2D eigenvalue weighted by molar-refractivity contribution is -0.121. The first-order valence-electron chi connectivity index (χ1n) is 8.52. The second-order valence-corrected chi connectivity index (χ2v) is 7.47. The van der Waals surface area contributed by atoms with Crippen LogP contribution in [0.3, 0.4) is 0 Å². The SMILES string of the molecule is CC(C)n1cnnc1CNC(=O)CCc1ccc(C(C)(C)C)cc1. The normalized spacial score (nSPS) is 11.8. The maximum absolute atomic E-state index is 12.1. The van der Waals surface area contributed by atoms with Gasteiger partial charge in [0.05, 0.1) is 6.54 Å². The molecule has 1 heterocycles. The van der Waals surface area contributed by atoms with Crippen LogP contribution in [0.4, 0.5) is 0 Å². The van der Waals surface area contributed by atoms with Crippen molar-refractivity contribution in [2.75, 3.05) is 0 Å². The molecule has 5 nitrogen and oxygen atoms in total. The average Bonchev–Trinajstić information content (AvgIpc) is 2.99. The van der Waals surface area contributed by atoms with Crippen LogP contribution < -0.4 is 5.32 Å². The van der Waals surface area contributed by atoms with Gasteiger partial charge < -0.3 is 9.88 Å². The molecule has 1 aromatic carbocycles. The lowest BCUT2D eigenvalue weighted by atomic mass is 9.86. The van der Waals surface area contributed by atoms with Gasteiger partial charge in [0, 0.05) is 12.5 Å². The van der Waals surface area contributed by atoms with Crippen molar-refractivity contribution >= 4 is 5.91 Å². The van der Waals surface area contributed by atoms with Crippen molar-refractivity contribution in [3.8, 4) is 0 Å². The van der Waals surface area contributed by atoms with E-state index in [1.165, 1.54) is 11.1 Å². The standard InChI is InChI=1S/C19H28N4O/c1-14(2)23-13-21-22-17(23)12-20-18(24)11-8-15-6-9-16(10-7-15)19(3,4)5/h6-7,9-10,13-14H,8,11-12H2,1-5H3,(H,20,24). The van der Waals surface area contributed by atoms with Gasteiger partial charge in [-0.15, -0.1) is 10.2 Å². The van der Waals surface area contributed by atoms with Gasteiger partial charge in [-0.3, -0.25) is 4.79 Å². The van der Waals surface area contributed by atoms with E-state index in [2.05, 4.69) is 74.4 Å². The van der Waals surface area contributed by atoms with Crippen molar-refractivity contribution in [3.63, 3.8) is 0 Å². The summed E-state index contributed by atoms with van der Waals surface area (Å²) in [6.45, 7) is 11.1. The summed E-state index contributed by atoms with van der Waals surface area (Å²) in [6, 6.07) is 8.82. The van der Waals surface area contributed by atoms with Gasteiger partial charge in [-0.25, -0.2) is 0 Å². The summed E-state index contributed by atoms with van der Waals surface area (Å²) in [5.74, 6) is 0.820. The molecular formula is C19H28N4O. The molecule has 130 valence electrons. The maximum Gasteiger partial charge on any atom is 0.220 e. The van der Waals surface area contributed by atoms with Crippen molar-refractivity contribution in [1.82, 2.24) is 20.1 Å². The summed E-state index contributed by atoms with van der Waals surface area (Å²) < 4.78 is 1.96. The quantitative estimate of drug-likeness (QED) is 0.884. The lowest BCUT2D eigenvalue weighted by Gasteiger charge is -2.19. The molecule has 0 fully saturated rings. The number of carbonyl (C=O) groups excluding carboxylic acids is 1. The summed E-state index contributed by atoms with van der Waals surface area (Å²) >= 11 is 0. The number of carbonyl (C=O) groups is 1. The molecule has 0 spiro atoms. The number of hydrogen-bond donors (Lipinski definition) is 1. The third kappa shape index (κ3) is 4.91. The molecule has 0 aliphatic heterocycles. The van der Waals surface area contributed by atoms with Crippen LogP contribution in [0.2, 0.25) is 0 Å². The predicted octanol–water partition coefficient (Wildman–Crippen LogP) is 3.41. The van der Waals surface area contributed by atoms with Crippen molar-refractivity contribution < 1.29 is 4.79 Å². The van der Waals surface area contributed by atoms with Crippen LogP contribution >= 0.6 is 0 Å². The highest BCUT2D eigenvalue weighted by atomic mass is 16.1.